The van der Waals surface area contributed by atoms with Crippen molar-refractivity contribution in [3.63, 3.8) is 0 Å². The molecule has 0 radical (unpaired) electrons. The van der Waals surface area contributed by atoms with Gasteiger partial charge in [-0.1, -0.05) is 0 Å². The standard InChI is InChI=1S/C21H26N2O5/c1-3-27-14-15-28-19-10-6-17(7-11-19)21(25)23-18-8-4-16(5-9-18)20(24)22-12-13-26-2/h4-11H,3,12-15H2,1-2H3,(H,22,24)(H,23,25). The summed E-state index contributed by atoms with van der Waals surface area (Å²) in [5, 5.41) is 5.55. The Bertz CT molecular complexity index is 744. The van der Waals surface area contributed by atoms with Crippen molar-refractivity contribution in [2.24, 2.45) is 0 Å². The minimum atomic E-state index is -0.238. The molecular weight excluding hydrogens is 360 g/mol. The Morgan fingerprint density at radius 1 is 0.857 bits per heavy atom. The molecule has 0 aliphatic carbocycles. The summed E-state index contributed by atoms with van der Waals surface area (Å²) >= 11 is 0. The Morgan fingerprint density at radius 3 is 2.14 bits per heavy atom. The Balaban J connectivity index is 1.85. The Hall–Kier alpha value is -2.90. The molecule has 2 rings (SSSR count). The van der Waals surface area contributed by atoms with E-state index in [1.54, 1.807) is 55.6 Å². The SMILES string of the molecule is CCOCCOc1ccc(C(=O)Nc2ccc(C(=O)NCCOC)cc2)cc1. The van der Waals surface area contributed by atoms with Crippen molar-refractivity contribution in [1.29, 1.82) is 0 Å². The third-order valence-corrected chi connectivity index (χ3v) is 3.81. The highest BCUT2D eigenvalue weighted by Gasteiger charge is 2.08. The van der Waals surface area contributed by atoms with Crippen LogP contribution < -0.4 is 15.4 Å². The number of methoxy groups -OCH3 is 1. The van der Waals surface area contributed by atoms with Gasteiger partial charge in [-0.05, 0) is 55.5 Å². The quantitative estimate of drug-likeness (QED) is 0.580. The molecule has 0 aliphatic heterocycles. The summed E-state index contributed by atoms with van der Waals surface area (Å²) in [5.74, 6) is 0.258. The summed E-state index contributed by atoms with van der Waals surface area (Å²) in [6, 6.07) is 13.6. The maximum Gasteiger partial charge on any atom is 0.255 e. The highest BCUT2D eigenvalue weighted by Crippen LogP contribution is 2.15. The van der Waals surface area contributed by atoms with E-state index in [1.807, 2.05) is 6.92 Å². The normalized spacial score (nSPS) is 10.4. The second-order valence-electron chi connectivity index (χ2n) is 5.85. The van der Waals surface area contributed by atoms with E-state index in [-0.39, 0.29) is 11.8 Å². The molecule has 2 N–H and O–H groups in total. The second kappa shape index (κ2) is 11.7. The zero-order chi connectivity index (χ0) is 20.2. The summed E-state index contributed by atoms with van der Waals surface area (Å²) in [4.78, 5) is 24.3. The lowest BCUT2D eigenvalue weighted by molar-refractivity contribution is 0.0936. The number of hydrogen-bond acceptors (Lipinski definition) is 5. The van der Waals surface area contributed by atoms with Gasteiger partial charge in [-0.2, -0.15) is 0 Å². The molecule has 0 aromatic heterocycles. The molecule has 0 fully saturated rings. The first-order valence-corrected chi connectivity index (χ1v) is 9.13. The van der Waals surface area contributed by atoms with Gasteiger partial charge in [-0.15, -0.1) is 0 Å². The zero-order valence-corrected chi connectivity index (χ0v) is 16.2. The monoisotopic (exact) mass is 386 g/mol. The molecule has 0 saturated carbocycles. The topological polar surface area (TPSA) is 85.9 Å². The van der Waals surface area contributed by atoms with Crippen molar-refractivity contribution in [1.82, 2.24) is 5.32 Å². The Kier molecular flexibility index (Phi) is 8.97. The maximum atomic E-state index is 12.4. The molecule has 7 heteroatoms. The van der Waals surface area contributed by atoms with Crippen molar-refractivity contribution in [2.75, 3.05) is 45.4 Å². The largest absolute Gasteiger partial charge is 0.491 e. The number of hydrogen-bond donors (Lipinski definition) is 2. The molecular formula is C21H26N2O5. The van der Waals surface area contributed by atoms with Crippen molar-refractivity contribution in [2.45, 2.75) is 6.92 Å². The first-order valence-electron chi connectivity index (χ1n) is 9.13. The van der Waals surface area contributed by atoms with E-state index < -0.39 is 0 Å². The molecule has 0 aliphatic rings. The predicted molar refractivity (Wildman–Crippen MR) is 107 cm³/mol. The van der Waals surface area contributed by atoms with Crippen LogP contribution in [0.5, 0.6) is 5.75 Å². The highest BCUT2D eigenvalue weighted by atomic mass is 16.5. The third kappa shape index (κ3) is 7.02. The van der Waals surface area contributed by atoms with Crippen LogP contribution in [0.3, 0.4) is 0 Å². The van der Waals surface area contributed by atoms with Gasteiger partial charge in [0.15, 0.2) is 0 Å². The molecule has 0 saturated heterocycles. The number of carbonyl (C=O) groups is 2. The summed E-state index contributed by atoms with van der Waals surface area (Å²) < 4.78 is 15.6. The van der Waals surface area contributed by atoms with Crippen LogP contribution in [-0.2, 0) is 9.47 Å². The van der Waals surface area contributed by atoms with E-state index in [1.165, 1.54) is 0 Å². The fraction of sp³-hybridized carbons (Fsp3) is 0.333. The van der Waals surface area contributed by atoms with Gasteiger partial charge < -0.3 is 24.8 Å². The van der Waals surface area contributed by atoms with Gasteiger partial charge in [0.05, 0.1) is 13.2 Å². The smallest absolute Gasteiger partial charge is 0.255 e. The summed E-state index contributed by atoms with van der Waals surface area (Å²) in [7, 11) is 1.58. The lowest BCUT2D eigenvalue weighted by atomic mass is 10.1. The van der Waals surface area contributed by atoms with Crippen LogP contribution in [0, 0.1) is 0 Å². The van der Waals surface area contributed by atoms with Crippen LogP contribution in [0.4, 0.5) is 5.69 Å². The maximum absolute atomic E-state index is 12.4. The minimum Gasteiger partial charge on any atom is -0.491 e. The van der Waals surface area contributed by atoms with Gasteiger partial charge in [0.25, 0.3) is 11.8 Å². The van der Waals surface area contributed by atoms with E-state index in [4.69, 9.17) is 14.2 Å². The average molecular weight is 386 g/mol. The number of carbonyl (C=O) groups excluding carboxylic acids is 2. The van der Waals surface area contributed by atoms with E-state index in [0.29, 0.717) is 55.5 Å². The fourth-order valence-electron chi connectivity index (χ4n) is 2.34. The molecule has 28 heavy (non-hydrogen) atoms. The second-order valence-corrected chi connectivity index (χ2v) is 5.85. The first-order chi connectivity index (χ1) is 13.6. The van der Waals surface area contributed by atoms with Gasteiger partial charge in [0.2, 0.25) is 0 Å². The first kappa shape index (κ1) is 21.4. The number of benzene rings is 2. The molecule has 2 amide bonds. The molecule has 0 unspecified atom stereocenters. The number of nitrogens with one attached hydrogen (secondary N) is 2. The van der Waals surface area contributed by atoms with Gasteiger partial charge in [-0.3, -0.25) is 9.59 Å². The molecule has 0 heterocycles. The highest BCUT2D eigenvalue weighted by molar-refractivity contribution is 6.04. The minimum absolute atomic E-state index is 0.185. The fourth-order valence-corrected chi connectivity index (χ4v) is 2.34. The van der Waals surface area contributed by atoms with E-state index >= 15 is 0 Å². The van der Waals surface area contributed by atoms with Crippen molar-refractivity contribution < 1.29 is 23.8 Å². The number of rotatable bonds is 11. The summed E-state index contributed by atoms with van der Waals surface area (Å²) in [5.41, 5.74) is 1.64. The van der Waals surface area contributed by atoms with E-state index in [0.717, 1.165) is 0 Å². The molecule has 0 spiro atoms. The average Bonchev–Trinajstić information content (AvgIpc) is 2.72. The van der Waals surface area contributed by atoms with E-state index in [9.17, 15) is 9.59 Å². The molecule has 2 aromatic carbocycles. The number of amides is 2. The molecule has 2 aromatic rings. The van der Waals surface area contributed by atoms with Crippen LogP contribution in [0.2, 0.25) is 0 Å². The molecule has 7 nitrogen and oxygen atoms in total. The Labute approximate surface area is 165 Å². The zero-order valence-electron chi connectivity index (χ0n) is 16.2. The lowest BCUT2D eigenvalue weighted by Crippen LogP contribution is -2.26. The van der Waals surface area contributed by atoms with E-state index in [2.05, 4.69) is 10.6 Å². The van der Waals surface area contributed by atoms with Crippen molar-refractivity contribution >= 4 is 17.5 Å². The third-order valence-electron chi connectivity index (χ3n) is 3.81. The Morgan fingerprint density at radius 2 is 1.50 bits per heavy atom. The van der Waals surface area contributed by atoms with Crippen LogP contribution in [0.25, 0.3) is 0 Å². The van der Waals surface area contributed by atoms with Crippen molar-refractivity contribution in [3.05, 3.63) is 59.7 Å². The number of anilines is 1. The van der Waals surface area contributed by atoms with Gasteiger partial charge in [0, 0.05) is 37.1 Å². The molecule has 150 valence electrons. The van der Waals surface area contributed by atoms with Crippen LogP contribution in [0.1, 0.15) is 27.6 Å². The summed E-state index contributed by atoms with van der Waals surface area (Å²) in [6.07, 6.45) is 0. The van der Waals surface area contributed by atoms with Gasteiger partial charge in [0.1, 0.15) is 12.4 Å². The lowest BCUT2D eigenvalue weighted by Gasteiger charge is -2.09. The predicted octanol–water partition coefficient (Wildman–Crippen LogP) is 2.73. The van der Waals surface area contributed by atoms with Gasteiger partial charge in [-0.25, -0.2) is 0 Å². The van der Waals surface area contributed by atoms with Crippen LogP contribution in [-0.4, -0.2) is 51.9 Å². The number of ether oxygens (including phenoxy) is 3. The molecule has 0 bridgehead atoms. The van der Waals surface area contributed by atoms with Crippen molar-refractivity contribution in [3.8, 4) is 5.75 Å². The summed E-state index contributed by atoms with van der Waals surface area (Å²) in [6.45, 7) is 4.47. The van der Waals surface area contributed by atoms with Crippen LogP contribution >= 0.6 is 0 Å². The van der Waals surface area contributed by atoms with Crippen LogP contribution in [0.15, 0.2) is 48.5 Å². The molecule has 0 atom stereocenters. The van der Waals surface area contributed by atoms with Gasteiger partial charge >= 0.3 is 0 Å².